The summed E-state index contributed by atoms with van der Waals surface area (Å²) in [5.74, 6) is -4.96. The van der Waals surface area contributed by atoms with E-state index < -0.39 is 36.0 Å². The molecule has 2 atom stereocenters. The molecule has 0 aliphatic heterocycles. The molecule has 1 amide bonds. The number of halogens is 3. The molecule has 3 rings (SSSR count). The Labute approximate surface area is 223 Å². The number of benzene rings is 3. The fourth-order valence-corrected chi connectivity index (χ4v) is 3.64. The number of nitrogens with one attached hydrogen (secondary N) is 1. The molecule has 0 saturated heterocycles. The SMILES string of the molecule is O=C(O[C@@H](C(=O)O)[C@@H](OC(=O)c1ccccc1Cl)C(=O)Nc1ccc(I)cc1)c1ccccc1Cl. The van der Waals surface area contributed by atoms with Crippen molar-refractivity contribution in [3.8, 4) is 0 Å². The summed E-state index contributed by atoms with van der Waals surface area (Å²) >= 11 is 14.1. The van der Waals surface area contributed by atoms with Crippen molar-refractivity contribution in [3.05, 3.63) is 97.5 Å². The minimum Gasteiger partial charge on any atom is -0.478 e. The van der Waals surface area contributed by atoms with Gasteiger partial charge in [-0.25, -0.2) is 14.4 Å². The summed E-state index contributed by atoms with van der Waals surface area (Å²) in [6.45, 7) is 0. The third-order valence-electron chi connectivity index (χ3n) is 4.54. The van der Waals surface area contributed by atoms with Crippen LogP contribution in [0.2, 0.25) is 10.0 Å². The number of carbonyl (C=O) groups is 4. The largest absolute Gasteiger partial charge is 0.478 e. The van der Waals surface area contributed by atoms with Gasteiger partial charge in [0.1, 0.15) is 0 Å². The first-order chi connectivity index (χ1) is 16.7. The summed E-state index contributed by atoms with van der Waals surface area (Å²) in [5.41, 5.74) is 0.0632. The molecule has 2 N–H and O–H groups in total. The van der Waals surface area contributed by atoms with E-state index in [2.05, 4.69) is 27.9 Å². The zero-order valence-electron chi connectivity index (χ0n) is 17.6. The minimum absolute atomic E-state index is 0.00888. The second-order valence-electron chi connectivity index (χ2n) is 6.95. The number of ether oxygens (including phenoxy) is 2. The molecule has 0 unspecified atom stereocenters. The lowest BCUT2D eigenvalue weighted by molar-refractivity contribution is -0.157. The summed E-state index contributed by atoms with van der Waals surface area (Å²) in [5, 5.41) is 12.3. The van der Waals surface area contributed by atoms with Crippen LogP contribution < -0.4 is 5.32 Å². The highest BCUT2D eigenvalue weighted by Gasteiger charge is 2.41. The van der Waals surface area contributed by atoms with Crippen LogP contribution in [0.25, 0.3) is 0 Å². The summed E-state index contributed by atoms with van der Waals surface area (Å²) in [4.78, 5) is 50.6. The highest BCUT2D eigenvalue weighted by atomic mass is 127. The average Bonchev–Trinajstić information content (AvgIpc) is 2.82. The van der Waals surface area contributed by atoms with Gasteiger partial charge >= 0.3 is 17.9 Å². The normalized spacial score (nSPS) is 12.2. The van der Waals surface area contributed by atoms with Crippen molar-refractivity contribution < 1.29 is 33.8 Å². The van der Waals surface area contributed by atoms with Crippen LogP contribution in [0.1, 0.15) is 20.7 Å². The van der Waals surface area contributed by atoms with Crippen molar-refractivity contribution in [2.75, 3.05) is 5.32 Å². The highest BCUT2D eigenvalue weighted by molar-refractivity contribution is 14.1. The number of carboxylic acids is 1. The predicted molar refractivity (Wildman–Crippen MR) is 137 cm³/mol. The molecule has 35 heavy (non-hydrogen) atoms. The molecule has 3 aromatic rings. The van der Waals surface area contributed by atoms with Crippen LogP contribution >= 0.6 is 45.8 Å². The molecule has 0 radical (unpaired) electrons. The molecule has 8 nitrogen and oxygen atoms in total. The Bertz CT molecular complexity index is 1270. The Morgan fingerprint density at radius 2 is 1.20 bits per heavy atom. The number of esters is 2. The molecule has 0 heterocycles. The van der Waals surface area contributed by atoms with E-state index in [1.807, 2.05) is 0 Å². The van der Waals surface area contributed by atoms with Crippen LogP contribution in [0.3, 0.4) is 0 Å². The first-order valence-electron chi connectivity index (χ1n) is 9.87. The van der Waals surface area contributed by atoms with Crippen molar-refractivity contribution in [3.63, 3.8) is 0 Å². The van der Waals surface area contributed by atoms with Crippen molar-refractivity contribution in [2.24, 2.45) is 0 Å². The van der Waals surface area contributed by atoms with Crippen molar-refractivity contribution in [1.29, 1.82) is 0 Å². The first kappa shape index (κ1) is 26.5. The number of amides is 1. The van der Waals surface area contributed by atoms with E-state index in [0.717, 1.165) is 3.57 Å². The van der Waals surface area contributed by atoms with E-state index in [-0.39, 0.29) is 21.2 Å². The smallest absolute Gasteiger partial charge is 0.349 e. The maximum Gasteiger partial charge on any atom is 0.349 e. The summed E-state index contributed by atoms with van der Waals surface area (Å²) in [6.07, 6.45) is -4.27. The van der Waals surface area contributed by atoms with Gasteiger partial charge < -0.3 is 19.9 Å². The lowest BCUT2D eigenvalue weighted by atomic mass is 10.1. The van der Waals surface area contributed by atoms with E-state index in [9.17, 15) is 24.3 Å². The molecule has 0 bridgehead atoms. The molecule has 0 fully saturated rings. The molecule has 0 aliphatic carbocycles. The average molecular weight is 628 g/mol. The third-order valence-corrected chi connectivity index (χ3v) is 5.92. The van der Waals surface area contributed by atoms with E-state index in [0.29, 0.717) is 5.69 Å². The van der Waals surface area contributed by atoms with Crippen LogP contribution in [-0.2, 0) is 19.1 Å². The van der Waals surface area contributed by atoms with E-state index >= 15 is 0 Å². The standard InChI is InChI=1S/C24H16Cl2INO7/c25-17-7-3-1-5-15(17)23(32)34-19(21(29)28-14-11-9-13(27)10-12-14)20(22(30)31)35-24(33)16-6-2-4-8-18(16)26/h1-12,19-20H,(H,28,29)(H,30,31)/t19-,20-/m1/s1. The van der Waals surface area contributed by atoms with Gasteiger partial charge in [-0.05, 0) is 71.1 Å². The Morgan fingerprint density at radius 1 is 0.743 bits per heavy atom. The first-order valence-corrected chi connectivity index (χ1v) is 11.7. The van der Waals surface area contributed by atoms with Gasteiger partial charge in [-0.1, -0.05) is 47.5 Å². The van der Waals surface area contributed by atoms with Gasteiger partial charge in [0, 0.05) is 9.26 Å². The van der Waals surface area contributed by atoms with Crippen molar-refractivity contribution in [2.45, 2.75) is 12.2 Å². The number of hydrogen-bond donors (Lipinski definition) is 2. The topological polar surface area (TPSA) is 119 Å². The Morgan fingerprint density at radius 3 is 1.66 bits per heavy atom. The number of aliphatic carboxylic acids is 1. The van der Waals surface area contributed by atoms with Crippen LogP contribution in [0.5, 0.6) is 0 Å². The van der Waals surface area contributed by atoms with Gasteiger partial charge in [0.05, 0.1) is 21.2 Å². The molecule has 11 heteroatoms. The quantitative estimate of drug-likeness (QED) is 0.264. The van der Waals surface area contributed by atoms with Gasteiger partial charge in [-0.15, -0.1) is 0 Å². The van der Waals surface area contributed by atoms with E-state index in [1.54, 1.807) is 36.4 Å². The maximum absolute atomic E-state index is 13.1. The molecule has 0 spiro atoms. The molecule has 0 saturated carbocycles. The van der Waals surface area contributed by atoms with Gasteiger partial charge in [0.25, 0.3) is 5.91 Å². The van der Waals surface area contributed by atoms with Crippen LogP contribution in [0, 0.1) is 3.57 Å². The molecule has 180 valence electrons. The van der Waals surface area contributed by atoms with Crippen LogP contribution in [-0.4, -0.2) is 41.1 Å². The van der Waals surface area contributed by atoms with Gasteiger partial charge in [-0.3, -0.25) is 4.79 Å². The maximum atomic E-state index is 13.1. The number of hydrogen-bond acceptors (Lipinski definition) is 6. The second kappa shape index (κ2) is 12.0. The van der Waals surface area contributed by atoms with Gasteiger partial charge in [0.2, 0.25) is 12.2 Å². The molecule has 0 aromatic heterocycles. The summed E-state index contributed by atoms with van der Waals surface area (Å²) in [6, 6.07) is 18.2. The number of carboxylic acid groups (broad SMARTS) is 1. The molecule has 0 aliphatic rings. The van der Waals surface area contributed by atoms with Crippen molar-refractivity contribution in [1.82, 2.24) is 0 Å². The lowest BCUT2D eigenvalue weighted by Gasteiger charge is -2.24. The number of carbonyl (C=O) groups excluding carboxylic acids is 3. The second-order valence-corrected chi connectivity index (χ2v) is 9.01. The summed E-state index contributed by atoms with van der Waals surface area (Å²) < 4.78 is 11.2. The summed E-state index contributed by atoms with van der Waals surface area (Å²) in [7, 11) is 0. The van der Waals surface area contributed by atoms with Gasteiger partial charge in [-0.2, -0.15) is 0 Å². The fourth-order valence-electron chi connectivity index (χ4n) is 2.85. The zero-order valence-corrected chi connectivity index (χ0v) is 21.3. The number of rotatable bonds is 8. The Balaban J connectivity index is 1.93. The highest BCUT2D eigenvalue weighted by Crippen LogP contribution is 2.22. The lowest BCUT2D eigenvalue weighted by Crippen LogP contribution is -2.48. The van der Waals surface area contributed by atoms with Crippen LogP contribution in [0.15, 0.2) is 72.8 Å². The monoisotopic (exact) mass is 627 g/mol. The molecule has 3 aromatic carbocycles. The van der Waals surface area contributed by atoms with E-state index in [4.69, 9.17) is 32.7 Å². The zero-order chi connectivity index (χ0) is 25.5. The third kappa shape index (κ3) is 6.93. The predicted octanol–water partition coefficient (Wildman–Crippen LogP) is 5.07. The van der Waals surface area contributed by atoms with Crippen LogP contribution in [0.4, 0.5) is 5.69 Å². The molecular weight excluding hydrogens is 612 g/mol. The molecular formula is C24H16Cl2INO7. The van der Waals surface area contributed by atoms with Gasteiger partial charge in [0.15, 0.2) is 0 Å². The minimum atomic E-state index is -2.20. The van der Waals surface area contributed by atoms with Crippen molar-refractivity contribution >= 4 is 75.3 Å². The number of anilines is 1. The Hall–Kier alpha value is -3.15. The van der Waals surface area contributed by atoms with E-state index in [1.165, 1.54) is 36.4 Å². The Kier molecular flexibility index (Phi) is 9.07. The fraction of sp³-hybridized carbons (Fsp3) is 0.0833.